The summed E-state index contributed by atoms with van der Waals surface area (Å²) in [7, 11) is 0. The minimum atomic E-state index is -0.298. The van der Waals surface area contributed by atoms with Gasteiger partial charge in [-0.2, -0.15) is 0 Å². The van der Waals surface area contributed by atoms with Crippen LogP contribution in [0.5, 0.6) is 5.75 Å². The zero-order valence-electron chi connectivity index (χ0n) is 21.5. The number of rotatable bonds is 13. The van der Waals surface area contributed by atoms with Crippen molar-refractivity contribution in [2.24, 2.45) is 5.92 Å². The zero-order chi connectivity index (χ0) is 25.0. The average molecular weight is 475 g/mol. The first kappa shape index (κ1) is 26.4. The normalized spacial score (nSPS) is 12.7. The molecule has 0 radical (unpaired) electrons. The summed E-state index contributed by atoms with van der Waals surface area (Å²) in [6.07, 6.45) is 9.85. The van der Waals surface area contributed by atoms with E-state index in [1.54, 1.807) is 0 Å². The molecule has 0 saturated carbocycles. The Morgan fingerprint density at radius 1 is 0.829 bits per heavy atom. The van der Waals surface area contributed by atoms with Crippen LogP contribution in [0.1, 0.15) is 65.4 Å². The van der Waals surface area contributed by atoms with Crippen molar-refractivity contribution >= 4 is 5.97 Å². The Bertz CT molecular complexity index is 1030. The monoisotopic (exact) mass is 474 g/mol. The third-order valence-electron chi connectivity index (χ3n) is 6.04. The molecule has 0 aliphatic carbocycles. The number of carbonyl (C=O) groups is 1. The maximum Gasteiger partial charge on any atom is 0.309 e. The van der Waals surface area contributed by atoms with Gasteiger partial charge in [0.1, 0.15) is 18.5 Å². The summed E-state index contributed by atoms with van der Waals surface area (Å²) in [5.74, 6) is 1.24. The third kappa shape index (κ3) is 8.20. The molecule has 0 fully saturated rings. The molecular weight excluding hydrogens is 436 g/mol. The number of unbranched alkanes of at least 4 members (excludes halogenated alkanes) is 2. The largest absolute Gasteiger partial charge is 0.490 e. The lowest BCUT2D eigenvalue weighted by atomic mass is 10.0. The number of hydrogen-bond acceptors (Lipinski definition) is 5. The van der Waals surface area contributed by atoms with E-state index in [-0.39, 0.29) is 18.0 Å². The highest BCUT2D eigenvalue weighted by molar-refractivity contribution is 5.72. The van der Waals surface area contributed by atoms with Gasteiger partial charge in [-0.1, -0.05) is 82.9 Å². The van der Waals surface area contributed by atoms with Crippen molar-refractivity contribution in [2.75, 3.05) is 6.61 Å². The fourth-order valence-electron chi connectivity index (χ4n) is 3.86. The van der Waals surface area contributed by atoms with Gasteiger partial charge in [0.15, 0.2) is 5.82 Å². The van der Waals surface area contributed by atoms with E-state index in [1.165, 1.54) is 5.56 Å². The van der Waals surface area contributed by atoms with Crippen LogP contribution >= 0.6 is 0 Å². The number of ether oxygens (including phenoxy) is 2. The van der Waals surface area contributed by atoms with E-state index in [1.807, 2.05) is 50.5 Å². The minimum Gasteiger partial charge on any atom is -0.490 e. The first-order valence-electron chi connectivity index (χ1n) is 12.8. The van der Waals surface area contributed by atoms with Gasteiger partial charge in [-0.3, -0.25) is 4.79 Å². The van der Waals surface area contributed by atoms with Crippen LogP contribution in [0.2, 0.25) is 0 Å². The number of aromatic nitrogens is 2. The van der Waals surface area contributed by atoms with Crippen LogP contribution in [0.25, 0.3) is 22.5 Å². The Balaban J connectivity index is 1.50. The molecule has 5 heteroatoms. The highest BCUT2D eigenvalue weighted by Gasteiger charge is 2.17. The van der Waals surface area contributed by atoms with Gasteiger partial charge in [-0.25, -0.2) is 9.97 Å². The van der Waals surface area contributed by atoms with Gasteiger partial charge in [-0.15, -0.1) is 0 Å². The number of aryl methyl sites for hydroxylation is 1. The van der Waals surface area contributed by atoms with Gasteiger partial charge < -0.3 is 9.47 Å². The van der Waals surface area contributed by atoms with E-state index in [0.717, 1.165) is 66.8 Å². The Kier molecular flexibility index (Phi) is 10.3. The van der Waals surface area contributed by atoms with E-state index in [4.69, 9.17) is 9.47 Å². The van der Waals surface area contributed by atoms with Crippen molar-refractivity contribution < 1.29 is 14.3 Å². The van der Waals surface area contributed by atoms with Crippen LogP contribution in [-0.4, -0.2) is 28.6 Å². The van der Waals surface area contributed by atoms with E-state index in [0.29, 0.717) is 6.61 Å². The van der Waals surface area contributed by atoms with Crippen LogP contribution in [-0.2, 0) is 16.0 Å². The van der Waals surface area contributed by atoms with Gasteiger partial charge in [0.05, 0.1) is 5.92 Å². The Hall–Kier alpha value is -3.21. The topological polar surface area (TPSA) is 61.3 Å². The molecule has 2 unspecified atom stereocenters. The predicted molar refractivity (Wildman–Crippen MR) is 141 cm³/mol. The first-order valence-corrected chi connectivity index (χ1v) is 12.8. The fraction of sp³-hybridized carbons (Fsp3) is 0.433. The number of esters is 1. The number of nitrogens with zero attached hydrogens (tertiary/aromatic N) is 2. The second kappa shape index (κ2) is 13.6. The SMILES string of the molecule is CCCCCC(C)C(=O)OC(C)COc1ccc(-c2cnc(-c3ccc(CCC)cc3)nc2)cc1. The summed E-state index contributed by atoms with van der Waals surface area (Å²) in [6.45, 7) is 8.46. The van der Waals surface area contributed by atoms with Gasteiger partial charge in [0, 0.05) is 23.5 Å². The lowest BCUT2D eigenvalue weighted by Crippen LogP contribution is -2.25. The second-order valence-corrected chi connectivity index (χ2v) is 9.22. The average Bonchev–Trinajstić information content (AvgIpc) is 2.88. The second-order valence-electron chi connectivity index (χ2n) is 9.22. The molecule has 0 N–H and O–H groups in total. The summed E-state index contributed by atoms with van der Waals surface area (Å²) in [5, 5.41) is 0. The summed E-state index contributed by atoms with van der Waals surface area (Å²) >= 11 is 0. The molecule has 0 aliphatic rings. The number of hydrogen-bond donors (Lipinski definition) is 0. The Labute approximate surface area is 209 Å². The third-order valence-corrected chi connectivity index (χ3v) is 6.04. The molecule has 1 aromatic heterocycles. The van der Waals surface area contributed by atoms with Gasteiger partial charge in [0.2, 0.25) is 0 Å². The Morgan fingerprint density at radius 2 is 1.49 bits per heavy atom. The van der Waals surface area contributed by atoms with E-state index >= 15 is 0 Å². The molecule has 1 heterocycles. The standard InChI is InChI=1S/C30H38N2O3/c1-5-7-8-10-22(3)30(33)35-23(4)21-34-28-17-15-25(16-18-28)27-19-31-29(32-20-27)26-13-11-24(9-6-2)12-14-26/h11-20,22-23H,5-10,21H2,1-4H3. The molecule has 186 valence electrons. The summed E-state index contributed by atoms with van der Waals surface area (Å²) in [4.78, 5) is 21.3. The van der Waals surface area contributed by atoms with Crippen molar-refractivity contribution in [3.63, 3.8) is 0 Å². The van der Waals surface area contributed by atoms with Gasteiger partial charge in [-0.05, 0) is 43.0 Å². The maximum absolute atomic E-state index is 12.2. The molecule has 0 amide bonds. The molecule has 3 aromatic rings. The summed E-state index contributed by atoms with van der Waals surface area (Å²) in [5.41, 5.74) is 4.31. The van der Waals surface area contributed by atoms with Crippen LogP contribution in [0, 0.1) is 5.92 Å². The maximum atomic E-state index is 12.2. The molecule has 3 rings (SSSR count). The van der Waals surface area contributed by atoms with Crippen LogP contribution in [0.15, 0.2) is 60.9 Å². The lowest BCUT2D eigenvalue weighted by Gasteiger charge is -2.17. The van der Waals surface area contributed by atoms with Crippen LogP contribution < -0.4 is 4.74 Å². The molecule has 2 aromatic carbocycles. The lowest BCUT2D eigenvalue weighted by molar-refractivity contribution is -0.154. The van der Waals surface area contributed by atoms with E-state index in [2.05, 4.69) is 48.1 Å². The smallest absolute Gasteiger partial charge is 0.309 e. The van der Waals surface area contributed by atoms with Gasteiger partial charge in [0.25, 0.3) is 0 Å². The molecule has 5 nitrogen and oxygen atoms in total. The van der Waals surface area contributed by atoms with E-state index < -0.39 is 0 Å². The molecule has 0 saturated heterocycles. The van der Waals surface area contributed by atoms with Crippen LogP contribution in [0.3, 0.4) is 0 Å². The minimum absolute atomic E-state index is 0.0719. The Morgan fingerprint density at radius 3 is 2.11 bits per heavy atom. The van der Waals surface area contributed by atoms with Crippen molar-refractivity contribution in [1.82, 2.24) is 9.97 Å². The molecule has 0 bridgehead atoms. The van der Waals surface area contributed by atoms with Crippen LogP contribution in [0.4, 0.5) is 0 Å². The fourth-order valence-corrected chi connectivity index (χ4v) is 3.86. The highest BCUT2D eigenvalue weighted by atomic mass is 16.6. The van der Waals surface area contributed by atoms with E-state index in [9.17, 15) is 4.79 Å². The zero-order valence-corrected chi connectivity index (χ0v) is 21.5. The summed E-state index contributed by atoms with van der Waals surface area (Å²) in [6, 6.07) is 16.2. The molecular formula is C30H38N2O3. The summed E-state index contributed by atoms with van der Waals surface area (Å²) < 4.78 is 11.4. The molecule has 2 atom stereocenters. The molecule has 0 spiro atoms. The molecule has 0 aliphatic heterocycles. The van der Waals surface area contributed by atoms with Crippen molar-refractivity contribution in [2.45, 2.75) is 72.3 Å². The quantitative estimate of drug-likeness (QED) is 0.192. The van der Waals surface area contributed by atoms with Crippen molar-refractivity contribution in [3.05, 3.63) is 66.5 Å². The highest BCUT2D eigenvalue weighted by Crippen LogP contribution is 2.23. The number of carbonyl (C=O) groups excluding carboxylic acids is 1. The first-order chi connectivity index (χ1) is 17.0. The van der Waals surface area contributed by atoms with Gasteiger partial charge >= 0.3 is 5.97 Å². The van der Waals surface area contributed by atoms with Crippen molar-refractivity contribution in [3.8, 4) is 28.3 Å². The predicted octanol–water partition coefficient (Wildman–Crippen LogP) is 7.29. The van der Waals surface area contributed by atoms with Crippen molar-refractivity contribution in [1.29, 1.82) is 0 Å². The number of benzene rings is 2. The molecule has 35 heavy (non-hydrogen) atoms.